The lowest BCUT2D eigenvalue weighted by Crippen LogP contribution is -2.36. The molecule has 2 aromatic rings. The number of carbonyl (C=O) groups is 1. The SMILES string of the molecule is CCC(NC(=O)C(N)c1cccs1)c1ccc(Cl)cc1. The lowest BCUT2D eigenvalue weighted by molar-refractivity contribution is -0.123. The molecule has 3 nitrogen and oxygen atoms in total. The van der Waals surface area contributed by atoms with Crippen molar-refractivity contribution in [2.45, 2.75) is 25.4 Å². The third-order valence-electron chi connectivity index (χ3n) is 3.13. The molecule has 0 aliphatic carbocycles. The number of hydrogen-bond acceptors (Lipinski definition) is 3. The second-order valence-corrected chi connectivity index (χ2v) is 5.93. The van der Waals surface area contributed by atoms with Crippen molar-refractivity contribution in [3.63, 3.8) is 0 Å². The molecule has 1 heterocycles. The maximum Gasteiger partial charge on any atom is 0.242 e. The summed E-state index contributed by atoms with van der Waals surface area (Å²) in [7, 11) is 0. The minimum Gasteiger partial charge on any atom is -0.348 e. The summed E-state index contributed by atoms with van der Waals surface area (Å²) < 4.78 is 0. The van der Waals surface area contributed by atoms with Gasteiger partial charge < -0.3 is 11.1 Å². The van der Waals surface area contributed by atoms with Crippen LogP contribution in [0.3, 0.4) is 0 Å². The van der Waals surface area contributed by atoms with Crippen molar-refractivity contribution in [2.24, 2.45) is 5.73 Å². The number of benzene rings is 1. The van der Waals surface area contributed by atoms with Crippen molar-refractivity contribution < 1.29 is 4.79 Å². The van der Waals surface area contributed by atoms with Crippen molar-refractivity contribution in [3.05, 3.63) is 57.2 Å². The van der Waals surface area contributed by atoms with Crippen LogP contribution in [0, 0.1) is 0 Å². The van der Waals surface area contributed by atoms with E-state index in [2.05, 4.69) is 5.32 Å². The van der Waals surface area contributed by atoms with Gasteiger partial charge in [0.05, 0.1) is 6.04 Å². The lowest BCUT2D eigenvalue weighted by atomic mass is 10.0. The van der Waals surface area contributed by atoms with E-state index < -0.39 is 6.04 Å². The van der Waals surface area contributed by atoms with Gasteiger partial charge in [0, 0.05) is 9.90 Å². The van der Waals surface area contributed by atoms with Crippen molar-refractivity contribution >= 4 is 28.8 Å². The first kappa shape index (κ1) is 15.0. The first-order valence-electron chi connectivity index (χ1n) is 6.46. The first-order chi connectivity index (χ1) is 9.61. The number of nitrogens with two attached hydrogens (primary N) is 1. The number of halogens is 1. The standard InChI is InChI=1S/C15H17ClN2OS/c1-2-12(10-5-7-11(16)8-6-10)18-15(19)14(17)13-4-3-9-20-13/h3-9,12,14H,2,17H2,1H3,(H,18,19). The zero-order valence-corrected chi connectivity index (χ0v) is 12.7. The summed E-state index contributed by atoms with van der Waals surface area (Å²) in [5, 5.41) is 5.59. The number of thiophene rings is 1. The molecule has 0 saturated carbocycles. The van der Waals surface area contributed by atoms with Gasteiger partial charge in [-0.25, -0.2) is 0 Å². The second kappa shape index (κ2) is 6.88. The fourth-order valence-corrected chi connectivity index (χ4v) is 2.83. The van der Waals surface area contributed by atoms with Gasteiger partial charge in [-0.15, -0.1) is 11.3 Å². The molecular formula is C15H17ClN2OS. The van der Waals surface area contributed by atoms with Crippen molar-refractivity contribution in [1.82, 2.24) is 5.32 Å². The zero-order valence-electron chi connectivity index (χ0n) is 11.2. The van der Waals surface area contributed by atoms with Crippen LogP contribution >= 0.6 is 22.9 Å². The molecule has 20 heavy (non-hydrogen) atoms. The normalized spacial score (nSPS) is 13.8. The summed E-state index contributed by atoms with van der Waals surface area (Å²) in [6.45, 7) is 2.02. The van der Waals surface area contributed by atoms with E-state index in [0.29, 0.717) is 5.02 Å². The maximum atomic E-state index is 12.2. The van der Waals surface area contributed by atoms with Crippen LogP contribution in [0.5, 0.6) is 0 Å². The summed E-state index contributed by atoms with van der Waals surface area (Å²) in [4.78, 5) is 13.1. The van der Waals surface area contributed by atoms with Crippen LogP contribution in [0.2, 0.25) is 5.02 Å². The maximum absolute atomic E-state index is 12.2. The minimum atomic E-state index is -0.614. The molecule has 0 bridgehead atoms. The molecule has 2 rings (SSSR count). The molecule has 0 saturated heterocycles. The van der Waals surface area contributed by atoms with Gasteiger partial charge in [0.2, 0.25) is 5.91 Å². The van der Waals surface area contributed by atoms with Gasteiger partial charge in [-0.2, -0.15) is 0 Å². The van der Waals surface area contributed by atoms with Crippen LogP contribution in [0.4, 0.5) is 0 Å². The number of amides is 1. The van der Waals surface area contributed by atoms with E-state index in [4.69, 9.17) is 17.3 Å². The Hall–Kier alpha value is -1.36. The molecular weight excluding hydrogens is 292 g/mol. The Morgan fingerprint density at radius 2 is 2.05 bits per heavy atom. The Morgan fingerprint density at radius 1 is 1.35 bits per heavy atom. The number of carbonyl (C=O) groups excluding carboxylic acids is 1. The molecule has 1 amide bonds. The van der Waals surface area contributed by atoms with Crippen molar-refractivity contribution in [2.75, 3.05) is 0 Å². The van der Waals surface area contributed by atoms with Crippen LogP contribution in [-0.4, -0.2) is 5.91 Å². The van der Waals surface area contributed by atoms with Crippen LogP contribution in [0.25, 0.3) is 0 Å². The third-order valence-corrected chi connectivity index (χ3v) is 4.34. The predicted octanol–water partition coefficient (Wildman–Crippen LogP) is 3.67. The van der Waals surface area contributed by atoms with E-state index in [1.807, 2.05) is 48.7 Å². The lowest BCUT2D eigenvalue weighted by Gasteiger charge is -2.20. The average molecular weight is 309 g/mol. The van der Waals surface area contributed by atoms with Crippen LogP contribution in [0.15, 0.2) is 41.8 Å². The summed E-state index contributed by atoms with van der Waals surface area (Å²) in [6, 6.07) is 10.6. The topological polar surface area (TPSA) is 55.1 Å². The van der Waals surface area contributed by atoms with E-state index in [9.17, 15) is 4.79 Å². The zero-order chi connectivity index (χ0) is 14.5. The fraction of sp³-hybridized carbons (Fsp3) is 0.267. The summed E-state index contributed by atoms with van der Waals surface area (Å²) in [5.41, 5.74) is 7.00. The van der Waals surface area contributed by atoms with Gasteiger partial charge in [-0.1, -0.05) is 36.7 Å². The van der Waals surface area contributed by atoms with E-state index in [0.717, 1.165) is 16.9 Å². The van der Waals surface area contributed by atoms with E-state index in [1.165, 1.54) is 11.3 Å². The van der Waals surface area contributed by atoms with Gasteiger partial charge in [-0.3, -0.25) is 4.79 Å². The summed E-state index contributed by atoms with van der Waals surface area (Å²) >= 11 is 7.37. The Balaban J connectivity index is 2.06. The Bertz CT molecular complexity index is 554. The molecule has 5 heteroatoms. The molecule has 2 unspecified atom stereocenters. The van der Waals surface area contributed by atoms with Gasteiger partial charge in [0.15, 0.2) is 0 Å². The Kier molecular flexibility index (Phi) is 5.17. The molecule has 0 aliphatic heterocycles. The molecule has 106 valence electrons. The highest BCUT2D eigenvalue weighted by atomic mass is 35.5. The third kappa shape index (κ3) is 3.60. The molecule has 3 N–H and O–H groups in total. The molecule has 0 radical (unpaired) electrons. The Labute approximate surface area is 127 Å². The fourth-order valence-electron chi connectivity index (χ4n) is 1.98. The number of rotatable bonds is 5. The highest BCUT2D eigenvalue weighted by Crippen LogP contribution is 2.22. The first-order valence-corrected chi connectivity index (χ1v) is 7.72. The van der Waals surface area contributed by atoms with Gasteiger partial charge in [-0.05, 0) is 35.6 Å². The van der Waals surface area contributed by atoms with Crippen molar-refractivity contribution in [1.29, 1.82) is 0 Å². The smallest absolute Gasteiger partial charge is 0.242 e. The van der Waals surface area contributed by atoms with Crippen molar-refractivity contribution in [3.8, 4) is 0 Å². The second-order valence-electron chi connectivity index (χ2n) is 4.51. The molecule has 1 aromatic carbocycles. The van der Waals surface area contributed by atoms with E-state index >= 15 is 0 Å². The largest absolute Gasteiger partial charge is 0.348 e. The molecule has 2 atom stereocenters. The van der Waals surface area contributed by atoms with Crippen LogP contribution in [0.1, 0.15) is 35.9 Å². The molecule has 0 aliphatic rings. The molecule has 1 aromatic heterocycles. The van der Waals surface area contributed by atoms with E-state index in [-0.39, 0.29) is 11.9 Å². The Morgan fingerprint density at radius 3 is 2.60 bits per heavy atom. The molecule has 0 fully saturated rings. The van der Waals surface area contributed by atoms with Gasteiger partial charge in [0.25, 0.3) is 0 Å². The van der Waals surface area contributed by atoms with Crippen LogP contribution in [-0.2, 0) is 4.79 Å². The van der Waals surface area contributed by atoms with E-state index in [1.54, 1.807) is 0 Å². The van der Waals surface area contributed by atoms with Crippen LogP contribution < -0.4 is 11.1 Å². The monoisotopic (exact) mass is 308 g/mol. The summed E-state index contributed by atoms with van der Waals surface area (Å²) in [6.07, 6.45) is 0.796. The predicted molar refractivity (Wildman–Crippen MR) is 83.9 cm³/mol. The van der Waals surface area contributed by atoms with Gasteiger partial charge >= 0.3 is 0 Å². The molecule has 0 spiro atoms. The average Bonchev–Trinajstić information content (AvgIpc) is 2.99. The highest BCUT2D eigenvalue weighted by molar-refractivity contribution is 7.10. The summed E-state index contributed by atoms with van der Waals surface area (Å²) in [5.74, 6) is -0.158. The number of nitrogens with one attached hydrogen (secondary N) is 1. The van der Waals surface area contributed by atoms with Gasteiger partial charge in [0.1, 0.15) is 6.04 Å². The highest BCUT2D eigenvalue weighted by Gasteiger charge is 2.20. The number of hydrogen-bond donors (Lipinski definition) is 2. The minimum absolute atomic E-state index is 0.0502. The quantitative estimate of drug-likeness (QED) is 0.885.